The average Bonchev–Trinajstić information content (AvgIpc) is 3.24. The minimum absolute atomic E-state index is 0.0191. The first-order valence-corrected chi connectivity index (χ1v) is 9.73. The van der Waals surface area contributed by atoms with E-state index in [2.05, 4.69) is 30.3 Å². The van der Waals surface area contributed by atoms with Crippen molar-refractivity contribution in [2.24, 2.45) is 0 Å². The molecule has 162 valence electrons. The van der Waals surface area contributed by atoms with Gasteiger partial charge in [0.2, 0.25) is 0 Å². The number of urea groups is 1. The van der Waals surface area contributed by atoms with E-state index in [4.69, 9.17) is 0 Å². The number of halogens is 3. The van der Waals surface area contributed by atoms with Crippen LogP contribution in [0, 0.1) is 0 Å². The highest BCUT2D eigenvalue weighted by molar-refractivity contribution is 7.13. The van der Waals surface area contributed by atoms with E-state index < -0.39 is 23.9 Å². The molecule has 0 bridgehead atoms. The summed E-state index contributed by atoms with van der Waals surface area (Å²) < 4.78 is 43.9. The van der Waals surface area contributed by atoms with Crippen LogP contribution >= 0.6 is 11.3 Å². The summed E-state index contributed by atoms with van der Waals surface area (Å²) in [6.07, 6.45) is -1.85. The molecule has 0 aliphatic heterocycles. The van der Waals surface area contributed by atoms with Gasteiger partial charge in [0.1, 0.15) is 16.5 Å². The number of hydrogen-bond donors (Lipinski definition) is 2. The van der Waals surface area contributed by atoms with Gasteiger partial charge in [0.05, 0.1) is 7.11 Å². The van der Waals surface area contributed by atoms with E-state index in [1.165, 1.54) is 31.6 Å². The molecule has 0 aliphatic carbocycles. The normalized spacial score (nSPS) is 11.1. The van der Waals surface area contributed by atoms with Crippen molar-refractivity contribution in [2.45, 2.75) is 13.1 Å². The molecule has 0 unspecified atom stereocenters. The van der Waals surface area contributed by atoms with Crippen molar-refractivity contribution in [3.05, 3.63) is 47.4 Å². The standard InChI is InChI=1S/C19H16F3N5O3S/c1-3-23-18(29)27-15-7-11(16-26-14(9-31-16)19(20,21)22)12(8-25-15)10-4-5-24-13(6-10)17(28)30-2/h4-9H,3H2,1-2H3,(H2,23,25,27,29). The molecule has 0 saturated carbocycles. The maximum Gasteiger partial charge on any atom is 0.434 e. The predicted molar refractivity (Wildman–Crippen MR) is 108 cm³/mol. The highest BCUT2D eigenvalue weighted by Crippen LogP contribution is 2.38. The Bertz CT molecular complexity index is 1120. The second-order valence-corrected chi connectivity index (χ2v) is 6.91. The van der Waals surface area contributed by atoms with Gasteiger partial charge in [-0.25, -0.2) is 24.5 Å². The Morgan fingerprint density at radius 2 is 1.97 bits per heavy atom. The van der Waals surface area contributed by atoms with Crippen LogP contribution in [-0.4, -0.2) is 40.6 Å². The van der Waals surface area contributed by atoms with Crippen molar-refractivity contribution in [2.75, 3.05) is 19.0 Å². The van der Waals surface area contributed by atoms with Crippen LogP contribution in [0.4, 0.5) is 23.8 Å². The first-order chi connectivity index (χ1) is 14.7. The van der Waals surface area contributed by atoms with Crippen LogP contribution in [0.5, 0.6) is 0 Å². The second kappa shape index (κ2) is 9.08. The highest BCUT2D eigenvalue weighted by Gasteiger charge is 2.34. The Kier molecular flexibility index (Phi) is 6.49. The number of pyridine rings is 2. The molecule has 0 aromatic carbocycles. The SMILES string of the molecule is CCNC(=O)Nc1cc(-c2nc(C(F)(F)F)cs2)c(-c2ccnc(C(=O)OC)c2)cn1. The van der Waals surface area contributed by atoms with Crippen molar-refractivity contribution in [1.29, 1.82) is 0 Å². The predicted octanol–water partition coefficient (Wildman–Crippen LogP) is 4.21. The monoisotopic (exact) mass is 451 g/mol. The zero-order chi connectivity index (χ0) is 22.6. The Balaban J connectivity index is 2.11. The van der Waals surface area contributed by atoms with Gasteiger partial charge in [-0.3, -0.25) is 5.32 Å². The molecule has 3 aromatic rings. The number of carbonyl (C=O) groups excluding carboxylic acids is 2. The van der Waals surface area contributed by atoms with Crippen molar-refractivity contribution >= 4 is 29.2 Å². The fourth-order valence-electron chi connectivity index (χ4n) is 2.59. The number of thiazole rings is 1. The van der Waals surface area contributed by atoms with E-state index in [1.54, 1.807) is 13.0 Å². The molecular formula is C19H16F3N5O3S. The van der Waals surface area contributed by atoms with Crippen LogP contribution in [0.25, 0.3) is 21.7 Å². The number of amides is 2. The number of alkyl halides is 3. The molecule has 0 radical (unpaired) electrons. The lowest BCUT2D eigenvalue weighted by atomic mass is 10.0. The lowest BCUT2D eigenvalue weighted by molar-refractivity contribution is -0.140. The number of anilines is 1. The number of rotatable bonds is 5. The first kappa shape index (κ1) is 22.2. The molecule has 31 heavy (non-hydrogen) atoms. The van der Waals surface area contributed by atoms with E-state index in [0.29, 0.717) is 23.2 Å². The van der Waals surface area contributed by atoms with Crippen LogP contribution < -0.4 is 10.6 Å². The third kappa shape index (κ3) is 5.15. The van der Waals surface area contributed by atoms with E-state index in [9.17, 15) is 22.8 Å². The second-order valence-electron chi connectivity index (χ2n) is 6.06. The van der Waals surface area contributed by atoms with E-state index in [-0.39, 0.29) is 16.5 Å². The summed E-state index contributed by atoms with van der Waals surface area (Å²) in [6, 6.07) is 3.91. The zero-order valence-electron chi connectivity index (χ0n) is 16.3. The van der Waals surface area contributed by atoms with E-state index >= 15 is 0 Å². The number of nitrogens with one attached hydrogen (secondary N) is 2. The van der Waals surface area contributed by atoms with E-state index in [1.807, 2.05) is 0 Å². The quantitative estimate of drug-likeness (QED) is 0.563. The van der Waals surface area contributed by atoms with Crippen molar-refractivity contribution in [1.82, 2.24) is 20.3 Å². The molecule has 3 rings (SSSR count). The third-order valence-electron chi connectivity index (χ3n) is 3.97. The number of aromatic nitrogens is 3. The Morgan fingerprint density at radius 3 is 2.61 bits per heavy atom. The van der Waals surface area contributed by atoms with Crippen LogP contribution in [0.15, 0.2) is 36.0 Å². The highest BCUT2D eigenvalue weighted by atomic mass is 32.1. The van der Waals surface area contributed by atoms with Gasteiger partial charge in [0, 0.05) is 35.4 Å². The lowest BCUT2D eigenvalue weighted by Gasteiger charge is -2.11. The maximum atomic E-state index is 13.1. The topological polar surface area (TPSA) is 106 Å². The molecule has 3 aromatic heterocycles. The molecule has 2 N–H and O–H groups in total. The van der Waals surface area contributed by atoms with Crippen molar-refractivity contribution < 1.29 is 27.5 Å². The Labute approximate surface area is 178 Å². The van der Waals surface area contributed by atoms with Crippen LogP contribution in [-0.2, 0) is 10.9 Å². The average molecular weight is 451 g/mol. The Morgan fingerprint density at radius 1 is 1.19 bits per heavy atom. The fraction of sp³-hybridized carbons (Fsp3) is 0.211. The van der Waals surface area contributed by atoms with Crippen molar-refractivity contribution in [3.8, 4) is 21.7 Å². The van der Waals surface area contributed by atoms with Gasteiger partial charge < -0.3 is 10.1 Å². The number of carbonyl (C=O) groups is 2. The number of nitrogens with zero attached hydrogens (tertiary/aromatic N) is 3. The summed E-state index contributed by atoms with van der Waals surface area (Å²) in [6.45, 7) is 2.11. The van der Waals surface area contributed by atoms with Crippen LogP contribution in [0.3, 0.4) is 0 Å². The minimum Gasteiger partial charge on any atom is -0.464 e. The van der Waals surface area contributed by atoms with Gasteiger partial charge in [-0.15, -0.1) is 11.3 Å². The summed E-state index contributed by atoms with van der Waals surface area (Å²) >= 11 is 0.797. The first-order valence-electron chi connectivity index (χ1n) is 8.85. The minimum atomic E-state index is -4.60. The number of hydrogen-bond acceptors (Lipinski definition) is 7. The largest absolute Gasteiger partial charge is 0.464 e. The molecule has 0 aliphatic rings. The van der Waals surface area contributed by atoms with Gasteiger partial charge in [-0.05, 0) is 30.7 Å². The molecule has 3 heterocycles. The molecule has 0 spiro atoms. The third-order valence-corrected chi connectivity index (χ3v) is 4.85. The summed E-state index contributed by atoms with van der Waals surface area (Å²) in [4.78, 5) is 35.4. The summed E-state index contributed by atoms with van der Waals surface area (Å²) in [5.41, 5.74) is 0.150. The molecule has 8 nitrogen and oxygen atoms in total. The van der Waals surface area contributed by atoms with Gasteiger partial charge in [-0.1, -0.05) is 0 Å². The smallest absolute Gasteiger partial charge is 0.434 e. The van der Waals surface area contributed by atoms with Crippen LogP contribution in [0.1, 0.15) is 23.1 Å². The van der Waals surface area contributed by atoms with Gasteiger partial charge in [-0.2, -0.15) is 13.2 Å². The summed E-state index contributed by atoms with van der Waals surface area (Å²) in [7, 11) is 1.21. The maximum absolute atomic E-state index is 13.1. The lowest BCUT2D eigenvalue weighted by Crippen LogP contribution is -2.28. The fourth-order valence-corrected chi connectivity index (χ4v) is 3.45. The van der Waals surface area contributed by atoms with Crippen LogP contribution in [0.2, 0.25) is 0 Å². The molecule has 0 fully saturated rings. The Hall–Kier alpha value is -3.54. The molecule has 0 saturated heterocycles. The number of ether oxygens (including phenoxy) is 1. The van der Waals surface area contributed by atoms with E-state index in [0.717, 1.165) is 16.7 Å². The summed E-state index contributed by atoms with van der Waals surface area (Å²) in [5.74, 6) is -0.546. The zero-order valence-corrected chi connectivity index (χ0v) is 17.1. The summed E-state index contributed by atoms with van der Waals surface area (Å²) in [5, 5.41) is 6.03. The number of methoxy groups -OCH3 is 1. The molecule has 12 heteroatoms. The van der Waals surface area contributed by atoms with Gasteiger partial charge in [0.25, 0.3) is 0 Å². The van der Waals surface area contributed by atoms with Gasteiger partial charge in [0.15, 0.2) is 5.69 Å². The molecule has 0 atom stereocenters. The molecular weight excluding hydrogens is 435 g/mol. The van der Waals surface area contributed by atoms with Crippen molar-refractivity contribution in [3.63, 3.8) is 0 Å². The number of esters is 1. The molecule has 2 amide bonds. The van der Waals surface area contributed by atoms with Gasteiger partial charge >= 0.3 is 18.2 Å².